The third kappa shape index (κ3) is 4.77. The van der Waals surface area contributed by atoms with Crippen molar-refractivity contribution in [3.8, 4) is 0 Å². The monoisotopic (exact) mass is 330 g/mol. The average molecular weight is 331 g/mol. The summed E-state index contributed by atoms with van der Waals surface area (Å²) in [5.74, 6) is -1.85. The predicted molar refractivity (Wildman–Crippen MR) is 80.7 cm³/mol. The van der Waals surface area contributed by atoms with Crippen molar-refractivity contribution in [2.75, 3.05) is 18.9 Å². The summed E-state index contributed by atoms with van der Waals surface area (Å²) >= 11 is 7.28. The van der Waals surface area contributed by atoms with Gasteiger partial charge < -0.3 is 5.32 Å². The molecule has 0 atom stereocenters. The molecular weight excluding hydrogens is 318 g/mol. The number of amides is 1. The molecule has 0 aliphatic carbocycles. The molecule has 1 N–H and O–H groups in total. The van der Waals surface area contributed by atoms with Gasteiger partial charge in [-0.05, 0) is 31.3 Å². The highest BCUT2D eigenvalue weighted by Gasteiger charge is 2.11. The molecule has 1 aromatic heterocycles. The minimum atomic E-state index is -0.795. The molecule has 0 radical (unpaired) electrons. The Morgan fingerprint density at radius 3 is 2.71 bits per heavy atom. The lowest BCUT2D eigenvalue weighted by Gasteiger charge is -2.15. The molecule has 0 aliphatic rings. The molecule has 21 heavy (non-hydrogen) atoms. The highest BCUT2D eigenvalue weighted by atomic mass is 35.5. The number of carbonyl (C=O) groups is 1. The van der Waals surface area contributed by atoms with Gasteiger partial charge >= 0.3 is 0 Å². The van der Waals surface area contributed by atoms with E-state index in [2.05, 4.69) is 5.32 Å². The van der Waals surface area contributed by atoms with Crippen LogP contribution in [0.4, 0.5) is 14.5 Å². The molecule has 1 amide bonds. The van der Waals surface area contributed by atoms with Crippen molar-refractivity contribution in [2.24, 2.45) is 0 Å². The van der Waals surface area contributed by atoms with Gasteiger partial charge in [-0.2, -0.15) is 0 Å². The second kappa shape index (κ2) is 6.98. The second-order valence-electron chi connectivity index (χ2n) is 4.55. The van der Waals surface area contributed by atoms with Gasteiger partial charge in [0.25, 0.3) is 0 Å². The summed E-state index contributed by atoms with van der Waals surface area (Å²) in [6, 6.07) is 6.70. The van der Waals surface area contributed by atoms with E-state index in [9.17, 15) is 13.6 Å². The fourth-order valence-corrected chi connectivity index (χ4v) is 2.95. The van der Waals surface area contributed by atoms with E-state index in [-0.39, 0.29) is 18.1 Å². The van der Waals surface area contributed by atoms with Crippen molar-refractivity contribution < 1.29 is 13.6 Å². The van der Waals surface area contributed by atoms with E-state index in [1.165, 1.54) is 17.4 Å². The topological polar surface area (TPSA) is 32.3 Å². The van der Waals surface area contributed by atoms with Gasteiger partial charge in [-0.3, -0.25) is 9.69 Å². The molecule has 2 rings (SSSR count). The maximum Gasteiger partial charge on any atom is 0.238 e. The lowest BCUT2D eigenvalue weighted by Crippen LogP contribution is -2.29. The van der Waals surface area contributed by atoms with Crippen LogP contribution >= 0.6 is 22.9 Å². The largest absolute Gasteiger partial charge is 0.322 e. The summed E-state index contributed by atoms with van der Waals surface area (Å²) in [7, 11) is 1.77. The highest BCUT2D eigenvalue weighted by Crippen LogP contribution is 2.22. The van der Waals surface area contributed by atoms with Crippen LogP contribution in [-0.2, 0) is 11.3 Å². The third-order valence-corrected chi connectivity index (χ3v) is 3.89. The Bertz CT molecular complexity index is 648. The minimum absolute atomic E-state index is 0.0334. The van der Waals surface area contributed by atoms with Gasteiger partial charge in [0.2, 0.25) is 5.91 Å². The first-order valence-corrected chi connectivity index (χ1v) is 7.31. The lowest BCUT2D eigenvalue weighted by molar-refractivity contribution is -0.117. The van der Waals surface area contributed by atoms with E-state index in [0.717, 1.165) is 17.0 Å². The number of nitrogens with one attached hydrogen (secondary N) is 1. The molecule has 0 saturated heterocycles. The van der Waals surface area contributed by atoms with E-state index in [4.69, 9.17) is 11.6 Å². The lowest BCUT2D eigenvalue weighted by atomic mass is 10.3. The molecule has 0 bridgehead atoms. The van der Waals surface area contributed by atoms with E-state index in [0.29, 0.717) is 10.9 Å². The third-order valence-electron chi connectivity index (χ3n) is 2.67. The van der Waals surface area contributed by atoms with Crippen LogP contribution in [-0.4, -0.2) is 24.4 Å². The average Bonchev–Trinajstić information content (AvgIpc) is 2.78. The zero-order valence-corrected chi connectivity index (χ0v) is 12.8. The SMILES string of the molecule is CN(CC(=O)Nc1ccc(F)cc1F)Cc1ccc(Cl)s1. The molecule has 112 valence electrons. The van der Waals surface area contributed by atoms with E-state index in [1.807, 2.05) is 6.07 Å². The van der Waals surface area contributed by atoms with Crippen LogP contribution in [0.25, 0.3) is 0 Å². The van der Waals surface area contributed by atoms with Gasteiger partial charge in [0, 0.05) is 17.5 Å². The van der Waals surface area contributed by atoms with Gasteiger partial charge in [0.1, 0.15) is 11.6 Å². The van der Waals surface area contributed by atoms with Crippen molar-refractivity contribution in [1.29, 1.82) is 0 Å². The number of rotatable bonds is 5. The fraction of sp³-hybridized carbons (Fsp3) is 0.214. The van der Waals surface area contributed by atoms with Crippen LogP contribution in [0.15, 0.2) is 30.3 Å². The van der Waals surface area contributed by atoms with Crippen molar-refractivity contribution in [3.05, 3.63) is 51.2 Å². The molecule has 0 spiro atoms. The Labute approximate surface area is 130 Å². The van der Waals surface area contributed by atoms with Crippen molar-refractivity contribution in [1.82, 2.24) is 4.90 Å². The summed E-state index contributed by atoms with van der Waals surface area (Å²) in [4.78, 5) is 14.6. The smallest absolute Gasteiger partial charge is 0.238 e. The Kier molecular flexibility index (Phi) is 5.27. The molecule has 1 aromatic carbocycles. The number of benzene rings is 1. The molecule has 0 unspecified atom stereocenters. The molecule has 1 heterocycles. The molecule has 7 heteroatoms. The van der Waals surface area contributed by atoms with Crippen molar-refractivity contribution >= 4 is 34.5 Å². The molecule has 3 nitrogen and oxygen atoms in total. The van der Waals surface area contributed by atoms with Gasteiger partial charge in [-0.25, -0.2) is 8.78 Å². The molecule has 0 aliphatic heterocycles. The molecule has 0 fully saturated rings. The maximum atomic E-state index is 13.4. The summed E-state index contributed by atoms with van der Waals surface area (Å²) in [6.07, 6.45) is 0. The summed E-state index contributed by atoms with van der Waals surface area (Å²) in [5.41, 5.74) is -0.0334. The van der Waals surface area contributed by atoms with Crippen LogP contribution in [0.2, 0.25) is 4.34 Å². The van der Waals surface area contributed by atoms with Gasteiger partial charge in [0.05, 0.1) is 16.6 Å². The number of halogens is 3. The number of hydrogen-bond donors (Lipinski definition) is 1. The van der Waals surface area contributed by atoms with E-state index >= 15 is 0 Å². The Morgan fingerprint density at radius 2 is 2.10 bits per heavy atom. The van der Waals surface area contributed by atoms with Gasteiger partial charge in [0.15, 0.2) is 0 Å². The maximum absolute atomic E-state index is 13.4. The number of anilines is 1. The number of thiophene rings is 1. The highest BCUT2D eigenvalue weighted by molar-refractivity contribution is 7.16. The first kappa shape index (κ1) is 15.9. The Morgan fingerprint density at radius 1 is 1.33 bits per heavy atom. The quantitative estimate of drug-likeness (QED) is 0.905. The van der Waals surface area contributed by atoms with Crippen LogP contribution in [0, 0.1) is 11.6 Å². The first-order valence-electron chi connectivity index (χ1n) is 6.11. The van der Waals surface area contributed by atoms with Crippen molar-refractivity contribution in [2.45, 2.75) is 6.54 Å². The van der Waals surface area contributed by atoms with Crippen LogP contribution in [0.3, 0.4) is 0 Å². The summed E-state index contributed by atoms with van der Waals surface area (Å²) in [5, 5.41) is 2.41. The van der Waals surface area contributed by atoms with Crippen molar-refractivity contribution in [3.63, 3.8) is 0 Å². The van der Waals surface area contributed by atoms with Crippen LogP contribution in [0.1, 0.15) is 4.88 Å². The Balaban J connectivity index is 1.89. The number of likely N-dealkylation sites (N-methyl/N-ethyl adjacent to an activating group) is 1. The first-order chi connectivity index (χ1) is 9.94. The predicted octanol–water partition coefficient (Wildman–Crippen LogP) is 3.75. The van der Waals surface area contributed by atoms with E-state index in [1.54, 1.807) is 18.0 Å². The zero-order valence-electron chi connectivity index (χ0n) is 11.2. The number of hydrogen-bond acceptors (Lipinski definition) is 3. The van der Waals surface area contributed by atoms with Crippen LogP contribution in [0.5, 0.6) is 0 Å². The summed E-state index contributed by atoms with van der Waals surface area (Å²) in [6.45, 7) is 0.656. The standard InChI is InChI=1S/C14H13ClF2N2OS/c1-19(7-10-3-5-13(15)21-10)8-14(20)18-12-4-2-9(16)6-11(12)17/h2-6H,7-8H2,1H3,(H,18,20). The van der Waals surface area contributed by atoms with E-state index < -0.39 is 11.6 Å². The van der Waals surface area contributed by atoms with Crippen LogP contribution < -0.4 is 5.32 Å². The normalized spacial score (nSPS) is 10.9. The minimum Gasteiger partial charge on any atom is -0.322 e. The molecule has 0 saturated carbocycles. The van der Waals surface area contributed by atoms with Gasteiger partial charge in [-0.1, -0.05) is 11.6 Å². The van der Waals surface area contributed by atoms with Gasteiger partial charge in [-0.15, -0.1) is 11.3 Å². The fourth-order valence-electron chi connectivity index (χ4n) is 1.78. The molecule has 2 aromatic rings. The number of nitrogens with zero attached hydrogens (tertiary/aromatic N) is 1. The number of carbonyl (C=O) groups excluding carboxylic acids is 1. The second-order valence-corrected chi connectivity index (χ2v) is 6.35. The zero-order chi connectivity index (χ0) is 15.4. The Hall–Kier alpha value is -1.50. The molecular formula is C14H13ClF2N2OS. The summed E-state index contributed by atoms with van der Waals surface area (Å²) < 4.78 is 26.9.